The van der Waals surface area contributed by atoms with Gasteiger partial charge in [0, 0.05) is 26.2 Å². The number of aromatic nitrogens is 3. The quantitative estimate of drug-likeness (QED) is 0.651. The summed E-state index contributed by atoms with van der Waals surface area (Å²) in [7, 11) is 0. The number of benzene rings is 1. The second-order valence-electron chi connectivity index (χ2n) is 6.95. The highest BCUT2D eigenvalue weighted by Crippen LogP contribution is 2.34. The van der Waals surface area contributed by atoms with Crippen LogP contribution < -0.4 is 4.74 Å². The number of hydrogen-bond acceptors (Lipinski definition) is 4. The van der Waals surface area contributed by atoms with Gasteiger partial charge in [-0.2, -0.15) is 0 Å². The van der Waals surface area contributed by atoms with E-state index in [9.17, 15) is 8.78 Å². The Kier molecular flexibility index (Phi) is 4.90. The van der Waals surface area contributed by atoms with Gasteiger partial charge in [0.2, 0.25) is 0 Å². The van der Waals surface area contributed by atoms with E-state index in [0.717, 1.165) is 40.1 Å². The Morgan fingerprint density at radius 1 is 1.20 bits per heavy atom. The third kappa shape index (κ3) is 3.79. The summed E-state index contributed by atoms with van der Waals surface area (Å²) in [5.74, 6) is 1.46. The first-order valence-corrected chi connectivity index (χ1v) is 9.56. The van der Waals surface area contributed by atoms with Crippen molar-refractivity contribution in [2.24, 2.45) is 5.92 Å². The summed E-state index contributed by atoms with van der Waals surface area (Å²) < 4.78 is 34.9. The van der Waals surface area contributed by atoms with Gasteiger partial charge in [0.05, 0.1) is 16.6 Å². The fourth-order valence-electron chi connectivity index (χ4n) is 3.23. The maximum Gasteiger partial charge on any atom is 0.145 e. The van der Waals surface area contributed by atoms with Crippen LogP contribution in [-0.4, -0.2) is 58.5 Å². The molecule has 5 nitrogen and oxygen atoms in total. The summed E-state index contributed by atoms with van der Waals surface area (Å²) in [4.78, 5) is 1.81. The van der Waals surface area contributed by atoms with Crippen molar-refractivity contribution in [2.45, 2.75) is 38.2 Å². The number of nitrogens with zero attached hydrogens (tertiary/aromatic N) is 4. The molecule has 1 aliphatic carbocycles. The molecule has 0 bridgehead atoms. The van der Waals surface area contributed by atoms with E-state index in [1.807, 2.05) is 16.8 Å². The zero-order valence-electron chi connectivity index (χ0n) is 13.9. The molecule has 2 aromatic rings. The highest BCUT2D eigenvalue weighted by molar-refractivity contribution is 9.10. The highest BCUT2D eigenvalue weighted by Gasteiger charge is 2.32. The molecule has 1 saturated carbocycles. The first-order valence-electron chi connectivity index (χ1n) is 8.77. The number of alkyl halides is 2. The lowest BCUT2D eigenvalue weighted by molar-refractivity contribution is 0.217. The van der Waals surface area contributed by atoms with Gasteiger partial charge in [-0.3, -0.25) is 4.90 Å². The molecular formula is C17H21BrF2N4O. The predicted octanol–water partition coefficient (Wildman–Crippen LogP) is 3.36. The van der Waals surface area contributed by atoms with E-state index in [1.165, 1.54) is 12.8 Å². The second-order valence-corrected chi connectivity index (χ2v) is 7.75. The third-order valence-electron chi connectivity index (χ3n) is 4.85. The van der Waals surface area contributed by atoms with Gasteiger partial charge in [0.15, 0.2) is 0 Å². The standard InChI is InChI=1S/C17H21BrF2N4O/c18-16-15(25-7-1-6-23-9-12(19)13(20)10-23)5-4-14-17(16)21-22-24(14)8-11-2-3-11/h4-5,11-13H,1-3,6-10H2. The largest absolute Gasteiger partial charge is 0.492 e. The second kappa shape index (κ2) is 7.15. The van der Waals surface area contributed by atoms with Gasteiger partial charge < -0.3 is 4.74 Å². The molecule has 2 heterocycles. The average Bonchev–Trinajstić information content (AvgIpc) is 3.22. The lowest BCUT2D eigenvalue weighted by atomic mass is 10.3. The Bertz CT molecular complexity index is 742. The summed E-state index contributed by atoms with van der Waals surface area (Å²) in [6.45, 7) is 2.41. The van der Waals surface area contributed by atoms with Crippen LogP contribution in [0.2, 0.25) is 0 Å². The third-order valence-corrected chi connectivity index (χ3v) is 5.62. The molecule has 2 atom stereocenters. The van der Waals surface area contributed by atoms with E-state index < -0.39 is 12.3 Å². The van der Waals surface area contributed by atoms with Gasteiger partial charge in [0.25, 0.3) is 0 Å². The first-order chi connectivity index (χ1) is 12.1. The SMILES string of the molecule is FC1CN(CCCOc2ccc3c(nnn3CC3CC3)c2Br)CC1F. The summed E-state index contributed by atoms with van der Waals surface area (Å²) in [6, 6.07) is 3.91. The lowest BCUT2D eigenvalue weighted by Gasteiger charge is -2.14. The van der Waals surface area contributed by atoms with Crippen molar-refractivity contribution in [3.8, 4) is 5.75 Å². The number of rotatable bonds is 7. The Hall–Kier alpha value is -1.28. The summed E-state index contributed by atoms with van der Waals surface area (Å²) in [5, 5.41) is 8.51. The Morgan fingerprint density at radius 3 is 2.68 bits per heavy atom. The van der Waals surface area contributed by atoms with Crippen LogP contribution in [-0.2, 0) is 6.54 Å². The zero-order chi connectivity index (χ0) is 17.4. The molecular weight excluding hydrogens is 394 g/mol. The summed E-state index contributed by atoms with van der Waals surface area (Å²) in [5.41, 5.74) is 1.81. The van der Waals surface area contributed by atoms with Gasteiger partial charge in [-0.05, 0) is 53.2 Å². The molecule has 0 radical (unpaired) electrons. The van der Waals surface area contributed by atoms with Gasteiger partial charge in [-0.25, -0.2) is 13.5 Å². The van der Waals surface area contributed by atoms with Crippen molar-refractivity contribution < 1.29 is 13.5 Å². The molecule has 2 aliphatic rings. The van der Waals surface area contributed by atoms with Crippen LogP contribution in [0.3, 0.4) is 0 Å². The zero-order valence-corrected chi connectivity index (χ0v) is 15.5. The Labute approximate surface area is 153 Å². The molecule has 0 spiro atoms. The van der Waals surface area contributed by atoms with E-state index >= 15 is 0 Å². The van der Waals surface area contributed by atoms with E-state index in [2.05, 4.69) is 26.2 Å². The van der Waals surface area contributed by atoms with Crippen molar-refractivity contribution >= 4 is 27.0 Å². The number of fused-ring (bicyclic) bond motifs is 1. The normalized spacial score (nSPS) is 24.3. The number of ether oxygens (including phenoxy) is 1. The molecule has 0 N–H and O–H groups in total. The van der Waals surface area contributed by atoms with Crippen LogP contribution in [0.15, 0.2) is 16.6 Å². The summed E-state index contributed by atoms with van der Waals surface area (Å²) >= 11 is 3.56. The first kappa shape index (κ1) is 17.1. The van der Waals surface area contributed by atoms with Crippen molar-refractivity contribution in [1.29, 1.82) is 0 Å². The maximum atomic E-state index is 13.2. The number of likely N-dealkylation sites (tertiary alicyclic amines) is 1. The molecule has 2 fully saturated rings. The number of hydrogen-bond donors (Lipinski definition) is 0. The topological polar surface area (TPSA) is 43.2 Å². The molecule has 136 valence electrons. The van der Waals surface area contributed by atoms with Crippen LogP contribution >= 0.6 is 15.9 Å². The monoisotopic (exact) mass is 414 g/mol. The fourth-order valence-corrected chi connectivity index (χ4v) is 3.76. The van der Waals surface area contributed by atoms with Crippen LogP contribution in [0.4, 0.5) is 8.78 Å². The van der Waals surface area contributed by atoms with Crippen LogP contribution in [0.1, 0.15) is 19.3 Å². The van der Waals surface area contributed by atoms with Crippen molar-refractivity contribution in [1.82, 2.24) is 19.9 Å². The smallest absolute Gasteiger partial charge is 0.145 e. The van der Waals surface area contributed by atoms with Gasteiger partial charge in [-0.15, -0.1) is 5.10 Å². The minimum absolute atomic E-state index is 0.181. The van der Waals surface area contributed by atoms with Gasteiger partial charge >= 0.3 is 0 Å². The highest BCUT2D eigenvalue weighted by atomic mass is 79.9. The van der Waals surface area contributed by atoms with Crippen molar-refractivity contribution in [3.63, 3.8) is 0 Å². The van der Waals surface area contributed by atoms with Crippen LogP contribution in [0.5, 0.6) is 5.75 Å². The molecule has 1 aromatic carbocycles. The Morgan fingerprint density at radius 2 is 1.96 bits per heavy atom. The molecule has 1 aliphatic heterocycles. The molecule has 1 saturated heterocycles. The fraction of sp³-hybridized carbons (Fsp3) is 0.647. The predicted molar refractivity (Wildman–Crippen MR) is 94.3 cm³/mol. The van der Waals surface area contributed by atoms with E-state index in [0.29, 0.717) is 13.2 Å². The van der Waals surface area contributed by atoms with Crippen molar-refractivity contribution in [3.05, 3.63) is 16.6 Å². The molecule has 0 amide bonds. The van der Waals surface area contributed by atoms with E-state index in [1.54, 1.807) is 4.90 Å². The minimum atomic E-state index is -1.35. The molecule has 4 rings (SSSR count). The van der Waals surface area contributed by atoms with Crippen LogP contribution in [0.25, 0.3) is 11.0 Å². The minimum Gasteiger partial charge on any atom is -0.492 e. The Balaban J connectivity index is 1.33. The summed E-state index contributed by atoms with van der Waals surface area (Å²) in [6.07, 6.45) is 0.560. The van der Waals surface area contributed by atoms with E-state index in [-0.39, 0.29) is 13.1 Å². The van der Waals surface area contributed by atoms with E-state index in [4.69, 9.17) is 4.74 Å². The average molecular weight is 415 g/mol. The van der Waals surface area contributed by atoms with Gasteiger partial charge in [-0.1, -0.05) is 5.21 Å². The van der Waals surface area contributed by atoms with Gasteiger partial charge in [0.1, 0.15) is 23.6 Å². The molecule has 1 aromatic heterocycles. The maximum absolute atomic E-state index is 13.2. The number of halogens is 3. The van der Waals surface area contributed by atoms with Crippen molar-refractivity contribution in [2.75, 3.05) is 26.2 Å². The van der Waals surface area contributed by atoms with Crippen LogP contribution in [0, 0.1) is 5.92 Å². The molecule has 2 unspecified atom stereocenters. The molecule has 25 heavy (non-hydrogen) atoms. The lowest BCUT2D eigenvalue weighted by Crippen LogP contribution is -2.24. The molecule has 8 heteroatoms.